The lowest BCUT2D eigenvalue weighted by atomic mass is 9.77. The van der Waals surface area contributed by atoms with Gasteiger partial charge >= 0.3 is 0 Å². The number of nitrogen functional groups attached to an aromatic ring is 1. The molecule has 1 aromatic rings. The number of rotatable bonds is 2. The quantitative estimate of drug-likeness (QED) is 0.826. The minimum absolute atomic E-state index is 0.166. The van der Waals surface area contributed by atoms with Crippen LogP contribution < -0.4 is 5.73 Å². The number of hydrogen-bond donors (Lipinski definition) is 1. The molecule has 1 heterocycles. The van der Waals surface area contributed by atoms with Crippen molar-refractivity contribution in [1.29, 1.82) is 0 Å². The average Bonchev–Trinajstić information content (AvgIpc) is 2.84. The first-order valence-electron chi connectivity index (χ1n) is 7.43. The molecular weight excluding hydrogens is 239 g/mol. The highest BCUT2D eigenvalue weighted by Crippen LogP contribution is 2.46. The fourth-order valence-electron chi connectivity index (χ4n) is 3.74. The Labute approximate surface area is 114 Å². The van der Waals surface area contributed by atoms with E-state index in [0.29, 0.717) is 11.1 Å². The van der Waals surface area contributed by atoms with Gasteiger partial charge in [0, 0.05) is 17.8 Å². The van der Waals surface area contributed by atoms with E-state index < -0.39 is 0 Å². The van der Waals surface area contributed by atoms with E-state index in [1.54, 1.807) is 6.07 Å². The van der Waals surface area contributed by atoms with E-state index in [9.17, 15) is 4.39 Å². The molecule has 2 aliphatic rings. The van der Waals surface area contributed by atoms with E-state index in [2.05, 4.69) is 4.90 Å². The van der Waals surface area contributed by atoms with Crippen LogP contribution in [-0.4, -0.2) is 18.0 Å². The molecule has 1 saturated heterocycles. The molecule has 19 heavy (non-hydrogen) atoms. The highest BCUT2D eigenvalue weighted by Gasteiger charge is 2.36. The van der Waals surface area contributed by atoms with Crippen molar-refractivity contribution in [2.75, 3.05) is 18.8 Å². The number of benzene rings is 1. The molecule has 1 aromatic carbocycles. The number of piperidine rings is 1. The van der Waals surface area contributed by atoms with Crippen LogP contribution in [-0.2, 0) is 6.54 Å². The first-order chi connectivity index (χ1) is 9.17. The fourth-order valence-corrected chi connectivity index (χ4v) is 3.74. The van der Waals surface area contributed by atoms with Gasteiger partial charge in [0.2, 0.25) is 0 Å². The van der Waals surface area contributed by atoms with E-state index in [1.165, 1.54) is 44.6 Å². The molecule has 0 unspecified atom stereocenters. The fraction of sp³-hybridized carbons (Fsp3) is 0.625. The summed E-state index contributed by atoms with van der Waals surface area (Å²) in [5.41, 5.74) is 7.50. The number of halogens is 1. The number of anilines is 1. The Balaban J connectivity index is 1.60. The molecule has 0 atom stereocenters. The molecule has 2 N–H and O–H groups in total. The summed E-state index contributed by atoms with van der Waals surface area (Å²) < 4.78 is 13.8. The summed E-state index contributed by atoms with van der Waals surface area (Å²) in [6.07, 6.45) is 8.24. The molecule has 104 valence electrons. The highest BCUT2D eigenvalue weighted by molar-refractivity contribution is 5.40. The molecule has 1 aliphatic heterocycles. The van der Waals surface area contributed by atoms with E-state index in [0.717, 1.165) is 25.2 Å². The van der Waals surface area contributed by atoms with E-state index in [-0.39, 0.29) is 5.82 Å². The molecular formula is C16H23FN2. The van der Waals surface area contributed by atoms with Gasteiger partial charge in [-0.2, -0.15) is 0 Å². The van der Waals surface area contributed by atoms with Gasteiger partial charge in [-0.3, -0.25) is 4.90 Å². The minimum atomic E-state index is -0.166. The molecule has 0 radical (unpaired) electrons. The summed E-state index contributed by atoms with van der Waals surface area (Å²) in [4.78, 5) is 2.39. The zero-order chi connectivity index (χ0) is 13.3. The van der Waals surface area contributed by atoms with Crippen LogP contribution in [0.5, 0.6) is 0 Å². The number of likely N-dealkylation sites (tertiary alicyclic amines) is 1. The van der Waals surface area contributed by atoms with Crippen LogP contribution in [0, 0.1) is 11.2 Å². The predicted octanol–water partition coefficient (Wildman–Crippen LogP) is 3.56. The van der Waals surface area contributed by atoms with Gasteiger partial charge in [0.15, 0.2) is 0 Å². The zero-order valence-corrected chi connectivity index (χ0v) is 11.5. The smallest absolute Gasteiger partial charge is 0.129 e. The summed E-state index contributed by atoms with van der Waals surface area (Å²) >= 11 is 0. The summed E-state index contributed by atoms with van der Waals surface area (Å²) in [7, 11) is 0. The SMILES string of the molecule is Nc1ccc(CN2CCC3(CCCC3)CC2)c(F)c1. The van der Waals surface area contributed by atoms with Crippen molar-refractivity contribution in [2.24, 2.45) is 5.41 Å². The lowest BCUT2D eigenvalue weighted by Gasteiger charge is -2.39. The zero-order valence-electron chi connectivity index (χ0n) is 11.5. The molecule has 0 aromatic heterocycles. The van der Waals surface area contributed by atoms with Crippen LogP contribution in [0.2, 0.25) is 0 Å². The Morgan fingerprint density at radius 2 is 1.79 bits per heavy atom. The van der Waals surface area contributed by atoms with Crippen molar-refractivity contribution >= 4 is 5.69 Å². The molecule has 3 heteroatoms. The molecule has 1 aliphatic carbocycles. The van der Waals surface area contributed by atoms with Gasteiger partial charge in [-0.15, -0.1) is 0 Å². The van der Waals surface area contributed by atoms with Gasteiger partial charge in [0.25, 0.3) is 0 Å². The second kappa shape index (κ2) is 5.12. The Morgan fingerprint density at radius 3 is 2.42 bits per heavy atom. The lowest BCUT2D eigenvalue weighted by Crippen LogP contribution is -2.38. The van der Waals surface area contributed by atoms with Crippen LogP contribution in [0.15, 0.2) is 18.2 Å². The van der Waals surface area contributed by atoms with E-state index in [4.69, 9.17) is 5.73 Å². The second-order valence-corrected chi connectivity index (χ2v) is 6.33. The average molecular weight is 262 g/mol. The van der Waals surface area contributed by atoms with Crippen molar-refractivity contribution in [1.82, 2.24) is 4.90 Å². The monoisotopic (exact) mass is 262 g/mol. The minimum Gasteiger partial charge on any atom is -0.399 e. The summed E-state index contributed by atoms with van der Waals surface area (Å²) in [6.45, 7) is 2.95. The number of nitrogens with two attached hydrogens (primary N) is 1. The third-order valence-corrected chi connectivity index (χ3v) is 5.05. The third kappa shape index (κ3) is 2.76. The maximum absolute atomic E-state index is 13.8. The maximum Gasteiger partial charge on any atom is 0.129 e. The second-order valence-electron chi connectivity index (χ2n) is 6.33. The topological polar surface area (TPSA) is 29.3 Å². The number of nitrogens with zero attached hydrogens (tertiary/aromatic N) is 1. The van der Waals surface area contributed by atoms with Crippen LogP contribution in [0.1, 0.15) is 44.1 Å². The van der Waals surface area contributed by atoms with E-state index >= 15 is 0 Å². The molecule has 0 amide bonds. The Hall–Kier alpha value is -1.09. The third-order valence-electron chi connectivity index (χ3n) is 5.05. The molecule has 3 rings (SSSR count). The molecule has 2 nitrogen and oxygen atoms in total. The summed E-state index contributed by atoms with van der Waals surface area (Å²) in [6, 6.07) is 5.04. The standard InChI is InChI=1S/C16H23FN2/c17-15-11-14(18)4-3-13(15)12-19-9-7-16(8-10-19)5-1-2-6-16/h3-4,11H,1-2,5-10,12,18H2. The van der Waals surface area contributed by atoms with E-state index in [1.807, 2.05) is 6.07 Å². The molecule has 2 fully saturated rings. The van der Waals surface area contributed by atoms with Crippen molar-refractivity contribution in [3.05, 3.63) is 29.6 Å². The van der Waals surface area contributed by atoms with Crippen LogP contribution in [0.4, 0.5) is 10.1 Å². The molecule has 1 spiro atoms. The Morgan fingerprint density at radius 1 is 1.11 bits per heavy atom. The van der Waals surface area contributed by atoms with Gasteiger partial charge in [0.1, 0.15) is 5.82 Å². The summed E-state index contributed by atoms with van der Waals surface area (Å²) in [5, 5.41) is 0. The van der Waals surface area contributed by atoms with Crippen LogP contribution in [0.25, 0.3) is 0 Å². The Kier molecular flexibility index (Phi) is 3.48. The molecule has 1 saturated carbocycles. The highest BCUT2D eigenvalue weighted by atomic mass is 19.1. The Bertz CT molecular complexity index is 442. The number of hydrogen-bond acceptors (Lipinski definition) is 2. The summed E-state index contributed by atoms with van der Waals surface area (Å²) in [5.74, 6) is -0.166. The molecule has 0 bridgehead atoms. The van der Waals surface area contributed by atoms with Crippen molar-refractivity contribution < 1.29 is 4.39 Å². The first kappa shape index (κ1) is 12.9. The van der Waals surface area contributed by atoms with Crippen LogP contribution >= 0.6 is 0 Å². The lowest BCUT2D eigenvalue weighted by molar-refractivity contribution is 0.103. The van der Waals surface area contributed by atoms with Crippen molar-refractivity contribution in [3.8, 4) is 0 Å². The maximum atomic E-state index is 13.8. The normalized spacial score (nSPS) is 23.0. The van der Waals surface area contributed by atoms with Gasteiger partial charge in [-0.1, -0.05) is 18.9 Å². The van der Waals surface area contributed by atoms with Crippen LogP contribution in [0.3, 0.4) is 0 Å². The predicted molar refractivity (Wildman–Crippen MR) is 76.2 cm³/mol. The van der Waals surface area contributed by atoms with Crippen molar-refractivity contribution in [2.45, 2.75) is 45.1 Å². The van der Waals surface area contributed by atoms with Crippen molar-refractivity contribution in [3.63, 3.8) is 0 Å². The van der Waals surface area contributed by atoms with Gasteiger partial charge in [-0.25, -0.2) is 4.39 Å². The first-order valence-corrected chi connectivity index (χ1v) is 7.43. The van der Waals surface area contributed by atoms with Gasteiger partial charge in [-0.05, 0) is 56.3 Å². The van der Waals surface area contributed by atoms with Gasteiger partial charge in [0.05, 0.1) is 0 Å². The van der Waals surface area contributed by atoms with Gasteiger partial charge < -0.3 is 5.73 Å². The largest absolute Gasteiger partial charge is 0.399 e.